The molecule has 5 nitrogen and oxygen atoms in total. The Morgan fingerprint density at radius 3 is 2.74 bits per heavy atom. The fourth-order valence-electron chi connectivity index (χ4n) is 1.64. The van der Waals surface area contributed by atoms with Gasteiger partial charge >= 0.3 is 0 Å². The van der Waals surface area contributed by atoms with Gasteiger partial charge in [-0.3, -0.25) is 10.1 Å². The van der Waals surface area contributed by atoms with Crippen molar-refractivity contribution in [2.24, 2.45) is 0 Å². The maximum atomic E-state index is 12.2. The van der Waals surface area contributed by atoms with Crippen LogP contribution in [0.1, 0.15) is 29.2 Å². The molecule has 1 aromatic carbocycles. The summed E-state index contributed by atoms with van der Waals surface area (Å²) in [6, 6.07) is 7.41. The Labute approximate surface area is 116 Å². The van der Waals surface area contributed by atoms with Gasteiger partial charge in [-0.25, -0.2) is 0 Å². The monoisotopic (exact) mass is 276 g/mol. The summed E-state index contributed by atoms with van der Waals surface area (Å²) >= 11 is 1.40. The Balaban J connectivity index is 2.15. The van der Waals surface area contributed by atoms with Gasteiger partial charge in [0.1, 0.15) is 5.01 Å². The van der Waals surface area contributed by atoms with E-state index < -0.39 is 0 Å². The van der Waals surface area contributed by atoms with Gasteiger partial charge in [-0.15, -0.1) is 10.2 Å². The number of aryl methyl sites for hydroxylation is 1. The maximum Gasteiger partial charge on any atom is 0.259 e. The normalized spacial score (nSPS) is 10.2. The van der Waals surface area contributed by atoms with Gasteiger partial charge in [-0.2, -0.15) is 0 Å². The molecule has 6 heteroatoms. The van der Waals surface area contributed by atoms with Crippen LogP contribution in [-0.4, -0.2) is 22.6 Å². The Hall–Kier alpha value is -1.95. The number of rotatable bonds is 5. The SMILES string of the molecule is CCNc1ccccc1C(=O)Nc1nnc(CC)s1. The Bertz CT molecular complexity index is 567. The molecular weight excluding hydrogens is 260 g/mol. The first kappa shape index (κ1) is 13.5. The zero-order valence-corrected chi connectivity index (χ0v) is 11.8. The highest BCUT2D eigenvalue weighted by Gasteiger charge is 2.12. The zero-order valence-electron chi connectivity index (χ0n) is 10.9. The number of carbonyl (C=O) groups is 1. The number of aromatic nitrogens is 2. The lowest BCUT2D eigenvalue weighted by atomic mass is 10.1. The molecule has 0 fully saturated rings. The van der Waals surface area contributed by atoms with E-state index in [2.05, 4.69) is 20.8 Å². The Kier molecular flexibility index (Phi) is 4.46. The van der Waals surface area contributed by atoms with Crippen molar-refractivity contribution in [1.29, 1.82) is 0 Å². The van der Waals surface area contributed by atoms with E-state index in [1.54, 1.807) is 6.07 Å². The quantitative estimate of drug-likeness (QED) is 0.881. The molecule has 0 bridgehead atoms. The molecule has 1 heterocycles. The summed E-state index contributed by atoms with van der Waals surface area (Å²) in [5.41, 5.74) is 1.43. The molecule has 0 radical (unpaired) electrons. The van der Waals surface area contributed by atoms with E-state index in [0.717, 1.165) is 23.7 Å². The third kappa shape index (κ3) is 3.29. The van der Waals surface area contributed by atoms with Crippen LogP contribution in [0.3, 0.4) is 0 Å². The van der Waals surface area contributed by atoms with E-state index in [1.807, 2.05) is 32.0 Å². The lowest BCUT2D eigenvalue weighted by Gasteiger charge is -2.09. The molecule has 19 heavy (non-hydrogen) atoms. The zero-order chi connectivity index (χ0) is 13.7. The molecule has 0 atom stereocenters. The predicted octanol–water partition coefficient (Wildman–Crippen LogP) is 2.78. The molecule has 2 N–H and O–H groups in total. The number of hydrogen-bond donors (Lipinski definition) is 2. The van der Waals surface area contributed by atoms with Crippen molar-refractivity contribution < 1.29 is 4.79 Å². The molecule has 0 unspecified atom stereocenters. The fourth-order valence-corrected chi connectivity index (χ4v) is 2.31. The minimum atomic E-state index is -0.171. The molecule has 1 amide bonds. The van der Waals surface area contributed by atoms with Gasteiger partial charge in [0.05, 0.1) is 5.56 Å². The van der Waals surface area contributed by atoms with Crippen LogP contribution in [0.2, 0.25) is 0 Å². The topological polar surface area (TPSA) is 66.9 Å². The van der Waals surface area contributed by atoms with Gasteiger partial charge < -0.3 is 5.32 Å². The summed E-state index contributed by atoms with van der Waals surface area (Å²) in [5.74, 6) is -0.171. The van der Waals surface area contributed by atoms with E-state index in [9.17, 15) is 4.79 Å². The highest BCUT2D eigenvalue weighted by atomic mass is 32.1. The molecule has 0 saturated heterocycles. The second-order valence-corrected chi connectivity index (χ2v) is 4.95. The minimum Gasteiger partial charge on any atom is -0.385 e. The fraction of sp³-hybridized carbons (Fsp3) is 0.308. The van der Waals surface area contributed by atoms with Crippen molar-refractivity contribution >= 4 is 28.1 Å². The van der Waals surface area contributed by atoms with Crippen molar-refractivity contribution in [1.82, 2.24) is 10.2 Å². The van der Waals surface area contributed by atoms with Crippen molar-refractivity contribution in [3.05, 3.63) is 34.8 Å². The molecule has 0 aliphatic carbocycles. The summed E-state index contributed by atoms with van der Waals surface area (Å²) in [4.78, 5) is 12.2. The number of benzene rings is 1. The first-order valence-corrected chi connectivity index (χ1v) is 7.02. The maximum absolute atomic E-state index is 12.2. The summed E-state index contributed by atoms with van der Waals surface area (Å²) < 4.78 is 0. The number of nitrogens with zero attached hydrogens (tertiary/aromatic N) is 2. The van der Waals surface area contributed by atoms with E-state index in [1.165, 1.54) is 11.3 Å². The molecule has 0 aliphatic rings. The highest BCUT2D eigenvalue weighted by molar-refractivity contribution is 7.15. The van der Waals surface area contributed by atoms with Gasteiger partial charge in [-0.05, 0) is 25.5 Å². The standard InChI is InChI=1S/C13H16N4OS/c1-3-11-16-17-13(19-11)15-12(18)9-7-5-6-8-10(9)14-4-2/h5-8,14H,3-4H2,1-2H3,(H,15,17,18). The average molecular weight is 276 g/mol. The number of hydrogen-bond acceptors (Lipinski definition) is 5. The van der Waals surface area contributed by atoms with Gasteiger partial charge in [0.15, 0.2) is 0 Å². The summed E-state index contributed by atoms with van der Waals surface area (Å²) in [6.45, 7) is 4.77. The van der Waals surface area contributed by atoms with Crippen molar-refractivity contribution in [2.45, 2.75) is 20.3 Å². The van der Waals surface area contributed by atoms with Gasteiger partial charge in [0, 0.05) is 12.2 Å². The van der Waals surface area contributed by atoms with E-state index >= 15 is 0 Å². The largest absolute Gasteiger partial charge is 0.385 e. The van der Waals surface area contributed by atoms with E-state index in [-0.39, 0.29) is 5.91 Å². The summed E-state index contributed by atoms with van der Waals surface area (Å²) in [5, 5.41) is 15.3. The molecule has 0 saturated carbocycles. The lowest BCUT2D eigenvalue weighted by Crippen LogP contribution is -2.14. The van der Waals surface area contributed by atoms with Crippen LogP contribution in [-0.2, 0) is 6.42 Å². The third-order valence-electron chi connectivity index (χ3n) is 2.53. The first-order valence-electron chi connectivity index (χ1n) is 6.21. The Morgan fingerprint density at radius 2 is 2.05 bits per heavy atom. The van der Waals surface area contributed by atoms with Crippen molar-refractivity contribution in [2.75, 3.05) is 17.2 Å². The molecule has 2 rings (SSSR count). The van der Waals surface area contributed by atoms with Crippen LogP contribution in [0.15, 0.2) is 24.3 Å². The number of nitrogens with one attached hydrogen (secondary N) is 2. The predicted molar refractivity (Wildman–Crippen MR) is 77.8 cm³/mol. The van der Waals surface area contributed by atoms with Crippen LogP contribution < -0.4 is 10.6 Å². The Morgan fingerprint density at radius 1 is 1.26 bits per heavy atom. The number of amides is 1. The number of anilines is 2. The molecular formula is C13H16N4OS. The molecule has 2 aromatic rings. The van der Waals surface area contributed by atoms with Gasteiger partial charge in [0.2, 0.25) is 5.13 Å². The molecule has 0 spiro atoms. The van der Waals surface area contributed by atoms with Crippen LogP contribution in [0.25, 0.3) is 0 Å². The number of carbonyl (C=O) groups excluding carboxylic acids is 1. The van der Waals surface area contributed by atoms with Crippen LogP contribution >= 0.6 is 11.3 Å². The number of para-hydroxylation sites is 1. The molecule has 100 valence electrons. The second-order valence-electron chi connectivity index (χ2n) is 3.88. The lowest BCUT2D eigenvalue weighted by molar-refractivity contribution is 0.102. The highest BCUT2D eigenvalue weighted by Crippen LogP contribution is 2.19. The van der Waals surface area contributed by atoms with E-state index in [0.29, 0.717) is 10.7 Å². The van der Waals surface area contributed by atoms with Crippen LogP contribution in [0, 0.1) is 0 Å². The van der Waals surface area contributed by atoms with Crippen LogP contribution in [0.4, 0.5) is 10.8 Å². The van der Waals surface area contributed by atoms with Crippen LogP contribution in [0.5, 0.6) is 0 Å². The first-order chi connectivity index (χ1) is 9.24. The van der Waals surface area contributed by atoms with E-state index in [4.69, 9.17) is 0 Å². The minimum absolute atomic E-state index is 0.171. The van der Waals surface area contributed by atoms with Crippen molar-refractivity contribution in [3.8, 4) is 0 Å². The second kappa shape index (κ2) is 6.29. The summed E-state index contributed by atoms with van der Waals surface area (Å²) in [6.07, 6.45) is 0.821. The van der Waals surface area contributed by atoms with Gasteiger partial charge in [-0.1, -0.05) is 30.4 Å². The average Bonchev–Trinajstić information content (AvgIpc) is 2.87. The smallest absolute Gasteiger partial charge is 0.259 e. The van der Waals surface area contributed by atoms with Gasteiger partial charge in [0.25, 0.3) is 5.91 Å². The molecule has 1 aromatic heterocycles. The third-order valence-corrected chi connectivity index (χ3v) is 3.51. The van der Waals surface area contributed by atoms with Crippen molar-refractivity contribution in [3.63, 3.8) is 0 Å². The summed E-state index contributed by atoms with van der Waals surface area (Å²) in [7, 11) is 0. The molecule has 0 aliphatic heterocycles.